The molecule has 0 radical (unpaired) electrons. The zero-order chi connectivity index (χ0) is 62.4. The number of hydrogen-bond acceptors (Lipinski definition) is 25. The predicted molar refractivity (Wildman–Crippen MR) is 255 cm³/mol. The van der Waals surface area contributed by atoms with Crippen LogP contribution in [-0.4, -0.2) is 181 Å². The Hall–Kier alpha value is -5.77. The fraction of sp³-hybridized carbons (Fsp3) is 0.528. The molecular weight excluding hydrogens is 1240 g/mol. The Morgan fingerprint density at radius 3 is 1.40 bits per heavy atom. The molecule has 37 nitrogen and oxygen atoms in total. The average Bonchev–Trinajstić information content (AvgIpc) is 4.01. The molecule has 15 N–H and O–H groups in total. The smallest absolute Gasteiger partial charge is 0.390 e. The van der Waals surface area contributed by atoms with E-state index in [9.17, 15) is 66.0 Å². The maximum atomic E-state index is 15.3. The third-order valence-corrected chi connectivity index (χ3v) is 16.2. The number of aryl methyl sites for hydroxylation is 2. The Kier molecular flexibility index (Phi) is 17.1. The first kappa shape index (κ1) is 64.8. The molecule has 3 aliphatic heterocycles. The number of phosphoric acid groups is 4. The van der Waals surface area contributed by atoms with E-state index in [1.807, 2.05) is 0 Å². The minimum atomic E-state index is -5.91. The molecule has 0 saturated carbocycles. The van der Waals surface area contributed by atoms with E-state index >= 15 is 13.2 Å². The Morgan fingerprint density at radius 2 is 1.00 bits per heavy atom. The van der Waals surface area contributed by atoms with Gasteiger partial charge in [-0.05, 0) is 27.7 Å². The summed E-state index contributed by atoms with van der Waals surface area (Å²) in [5.74, 6) is -8.35. The molecule has 0 aliphatic carbocycles. The molecule has 6 aromatic heterocycles. The number of imidazole rings is 3. The molecule has 0 bridgehead atoms. The normalized spacial score (nSPS) is 32.4. The number of terminal acetylenes is 1. The van der Waals surface area contributed by atoms with Crippen molar-refractivity contribution in [2.24, 2.45) is 0 Å². The summed E-state index contributed by atoms with van der Waals surface area (Å²) in [6, 6.07) is 0. The van der Waals surface area contributed by atoms with Crippen LogP contribution in [0.3, 0.4) is 0 Å². The largest absolute Gasteiger partial charge is 0.490 e. The van der Waals surface area contributed by atoms with Gasteiger partial charge in [0.05, 0.1) is 19.0 Å². The van der Waals surface area contributed by atoms with Gasteiger partial charge in [-0.1, -0.05) is 5.92 Å². The van der Waals surface area contributed by atoms with Crippen molar-refractivity contribution in [2.75, 3.05) is 25.6 Å². The number of phosphoric ester groups is 2. The summed E-state index contributed by atoms with van der Waals surface area (Å²) in [4.78, 5) is 118. The number of aliphatic hydroxyl groups excluding tert-OH is 4. The van der Waals surface area contributed by atoms with Crippen molar-refractivity contribution in [1.29, 1.82) is 0 Å². The van der Waals surface area contributed by atoms with Crippen LogP contribution < -0.4 is 22.4 Å². The predicted octanol–water partition coefficient (Wildman–Crippen LogP) is -1.53. The summed E-state index contributed by atoms with van der Waals surface area (Å²) in [6.45, 7) is -0.101. The van der Waals surface area contributed by atoms with Crippen molar-refractivity contribution >= 4 is 70.7 Å². The van der Waals surface area contributed by atoms with Crippen LogP contribution in [0.1, 0.15) is 44.2 Å². The van der Waals surface area contributed by atoms with Gasteiger partial charge in [0.1, 0.15) is 31.5 Å². The number of fused-ring (bicyclic) bond motifs is 3. The van der Waals surface area contributed by atoms with Crippen molar-refractivity contribution in [3.8, 4) is 12.3 Å². The van der Waals surface area contributed by atoms with Gasteiger partial charge in [0.15, 0.2) is 81.8 Å². The Balaban J connectivity index is 0.000000183. The first-order valence-electron chi connectivity index (χ1n) is 22.3. The van der Waals surface area contributed by atoms with E-state index < -0.39 is 145 Å². The fourth-order valence-corrected chi connectivity index (χ4v) is 11.6. The standard InChI is InChI=1S/C13H12F2N4O4.C12H15F2N4O7P.C11H16F2N5O13P3/c1-3-12(14)10(22)13(15,4-20)23-11(12)19-5-16-7-8(19)17-6(2)18-9(7)21;1-5-16-7-6(8(19)17-5)15-4-18(7)10-11(2,13)9(20)12(14,25-10)3-24-26(21,22)23;1-10(12)7(20)11(13,2-28-33(24,25)31-34(26,27)30-32(21,22)23)29-8(10)18-3-15-4-5(18)16-9(14)17-6(4)19/h1,5,10-11,20,22H,4H2,2H3,(H,17,18,21);4,9-10,20H,3H2,1-2H3,(H,16,17,19)(H2,21,22,23);3,7-8,20H,2H2,1H3,(H,24,25)(H,26,27)(H2,21,22,23)(H3,14,16,17,19)/t10-,11+,12+,13+;9-,10+,11+,12+;7-,8+,10+,11+/m000/s1. The van der Waals surface area contributed by atoms with E-state index in [4.69, 9.17) is 55.9 Å². The van der Waals surface area contributed by atoms with Crippen LogP contribution in [0.4, 0.5) is 32.3 Å². The minimum Gasteiger partial charge on any atom is -0.390 e. The number of anilines is 1. The number of halogens is 6. The van der Waals surface area contributed by atoms with Gasteiger partial charge in [0.2, 0.25) is 11.6 Å². The van der Waals surface area contributed by atoms with Crippen LogP contribution in [0.5, 0.6) is 0 Å². The van der Waals surface area contributed by atoms with Gasteiger partial charge in [0.25, 0.3) is 34.2 Å². The van der Waals surface area contributed by atoms with Crippen LogP contribution in [0, 0.1) is 26.2 Å². The zero-order valence-electron chi connectivity index (χ0n) is 41.7. The number of alkyl halides is 6. The molecule has 3 aliphatic rings. The van der Waals surface area contributed by atoms with Crippen molar-refractivity contribution in [3.05, 3.63) is 61.7 Å². The summed E-state index contributed by atoms with van der Waals surface area (Å²) < 4.78 is 166. The quantitative estimate of drug-likeness (QED) is 0.0334. The molecule has 9 rings (SSSR count). The van der Waals surface area contributed by atoms with Gasteiger partial charge in [-0.25, -0.2) is 69.5 Å². The van der Waals surface area contributed by atoms with Crippen LogP contribution >= 0.6 is 31.3 Å². The SMILES string of the molecule is C#C[C@]1(F)[C@H](n2cnc3c(=O)[nH]c(C)nc32)O[C@](F)(CO)[C@H]1O.C[C@]1(F)[C@H](n2cnc3c(=O)[nH]c(N)nc32)O[C@](F)(COP(=O)(O)OP(=O)(O)OP(=O)(O)O)[C@H]1O.Cc1nc2c(ncn2[C@@H]2O[C@](F)(COP(=O)(O)O)[C@@H](O)[C@@]2(C)F)c(=O)[nH]1. The lowest BCUT2D eigenvalue weighted by atomic mass is 9.96. The number of H-pyrrole nitrogens is 3. The Morgan fingerprint density at radius 1 is 0.614 bits per heavy atom. The maximum absolute atomic E-state index is 15.3. The third kappa shape index (κ3) is 12.6. The van der Waals surface area contributed by atoms with Crippen LogP contribution in [0.25, 0.3) is 33.5 Å². The fourth-order valence-electron chi connectivity index (χ4n) is 8.22. The number of aliphatic hydroxyl groups is 4. The number of nitrogens with two attached hydrogens (primary N) is 1. The van der Waals surface area contributed by atoms with Gasteiger partial charge in [-0.15, -0.1) is 6.42 Å². The first-order valence-corrected chi connectivity index (χ1v) is 28.3. The molecule has 0 aromatic carbocycles. The number of nitrogens with one attached hydrogen (secondary N) is 3. The van der Waals surface area contributed by atoms with Gasteiger partial charge in [-0.3, -0.25) is 42.1 Å². The molecule has 2 unspecified atom stereocenters. The minimum absolute atomic E-state index is 0.0945. The topological polar surface area (TPSA) is 552 Å². The monoisotopic (exact) mass is 1280 g/mol. The number of nitrogens with zero attached hydrogens (tertiary/aromatic N) is 9. The second-order valence-corrected chi connectivity index (χ2v) is 23.9. The Bertz CT molecular complexity index is 3930. The molecule has 6 aromatic rings. The lowest BCUT2D eigenvalue weighted by molar-refractivity contribution is -0.206. The first-order chi connectivity index (χ1) is 37.9. The number of aromatic nitrogens is 12. The zero-order valence-corrected chi connectivity index (χ0v) is 45.3. The molecule has 47 heteroatoms. The molecule has 0 amide bonds. The molecule has 3 saturated heterocycles. The highest BCUT2D eigenvalue weighted by molar-refractivity contribution is 7.66. The molecule has 83 heavy (non-hydrogen) atoms. The van der Waals surface area contributed by atoms with Gasteiger partial charge >= 0.3 is 31.3 Å². The highest BCUT2D eigenvalue weighted by atomic mass is 31.3. The molecule has 0 spiro atoms. The lowest BCUT2D eigenvalue weighted by Crippen LogP contribution is -2.47. The molecular formula is C36H43F6N13O24P4. The van der Waals surface area contributed by atoms with E-state index in [0.717, 1.165) is 35.0 Å². The number of ether oxygens (including phenoxy) is 3. The van der Waals surface area contributed by atoms with E-state index in [-0.39, 0.29) is 45.1 Å². The molecule has 458 valence electrons. The van der Waals surface area contributed by atoms with E-state index in [2.05, 4.69) is 62.5 Å². The summed E-state index contributed by atoms with van der Waals surface area (Å²) in [7, 11) is -22.5. The molecule has 9 heterocycles. The highest BCUT2D eigenvalue weighted by Crippen LogP contribution is 2.67. The van der Waals surface area contributed by atoms with Crippen LogP contribution in [0.2, 0.25) is 0 Å². The summed E-state index contributed by atoms with van der Waals surface area (Å²) in [6.07, 6.45) is -5.53. The summed E-state index contributed by atoms with van der Waals surface area (Å²) in [5, 5.41) is 39.0. The van der Waals surface area contributed by atoms with Gasteiger partial charge in [-0.2, -0.15) is 13.6 Å². The Labute approximate surface area is 453 Å². The third-order valence-electron chi connectivity index (χ3n) is 12.0. The van der Waals surface area contributed by atoms with E-state index in [1.165, 1.54) is 13.8 Å². The van der Waals surface area contributed by atoms with Crippen LogP contribution in [0.15, 0.2) is 33.4 Å². The number of rotatable bonds is 14. The molecule has 3 fully saturated rings. The van der Waals surface area contributed by atoms with Crippen molar-refractivity contribution < 1.29 is 126 Å². The molecule has 14 atom stereocenters. The van der Waals surface area contributed by atoms with Crippen molar-refractivity contribution in [1.82, 2.24) is 58.6 Å². The number of hydrogen-bond donors (Lipinski definition) is 14. The number of nitrogen functional groups attached to an aromatic ring is 1. The van der Waals surface area contributed by atoms with Crippen LogP contribution in [-0.2, 0) is 50.1 Å². The average molecular weight is 1280 g/mol. The summed E-state index contributed by atoms with van der Waals surface area (Å²) >= 11 is 0. The van der Waals surface area contributed by atoms with E-state index in [0.29, 0.717) is 11.5 Å². The van der Waals surface area contributed by atoms with E-state index in [1.54, 1.807) is 5.92 Å². The highest BCUT2D eigenvalue weighted by Gasteiger charge is 2.68. The lowest BCUT2D eigenvalue weighted by Gasteiger charge is -2.25. The maximum Gasteiger partial charge on any atom is 0.490 e. The second kappa shape index (κ2) is 21.9. The van der Waals surface area contributed by atoms with Crippen molar-refractivity contribution in [2.45, 2.75) is 99.3 Å². The van der Waals surface area contributed by atoms with Gasteiger partial charge < -0.3 is 79.7 Å². The van der Waals surface area contributed by atoms with Gasteiger partial charge in [0, 0.05) is 0 Å². The van der Waals surface area contributed by atoms with Crippen molar-refractivity contribution in [3.63, 3.8) is 0 Å². The number of aromatic amines is 3. The second-order valence-electron chi connectivity index (χ2n) is 18.2. The summed E-state index contributed by atoms with van der Waals surface area (Å²) in [5.41, 5.74) is -6.62.